The van der Waals surface area contributed by atoms with Crippen LogP contribution < -0.4 is 24.3 Å². The third-order valence-electron chi connectivity index (χ3n) is 5.69. The van der Waals surface area contributed by atoms with Crippen molar-refractivity contribution in [1.82, 2.24) is 0 Å². The highest BCUT2D eigenvalue weighted by Crippen LogP contribution is 2.35. The highest BCUT2D eigenvalue weighted by Gasteiger charge is 2.16. The van der Waals surface area contributed by atoms with E-state index in [1.54, 1.807) is 21.3 Å². The van der Waals surface area contributed by atoms with Crippen LogP contribution in [-0.2, 0) is 0 Å². The summed E-state index contributed by atoms with van der Waals surface area (Å²) in [6, 6.07) is 17.6. The molecule has 176 valence electrons. The predicted octanol–water partition coefficient (Wildman–Crippen LogP) is 6.37. The van der Waals surface area contributed by atoms with Gasteiger partial charge in [-0.25, -0.2) is 4.99 Å². The van der Waals surface area contributed by atoms with E-state index >= 15 is 0 Å². The maximum Gasteiger partial charge on any atom is 0.148 e. The van der Waals surface area contributed by atoms with Crippen molar-refractivity contribution >= 4 is 16.5 Å². The standard InChI is InChI=1S/C28H29NO5/c1-7-33-26-15-20(19-8-10-21(30-4)11-9-19)14-24(27-17(2)34-18(3)28(26)27)29-23-13-12-22(31-5)16-25(23)32-6/h8-16H,7H2,1-6H3. The first-order chi connectivity index (χ1) is 16.5. The Labute approximate surface area is 199 Å². The fourth-order valence-electron chi connectivity index (χ4n) is 4.08. The van der Waals surface area contributed by atoms with Gasteiger partial charge in [-0.05, 0) is 68.3 Å². The number of aryl methyl sites for hydroxylation is 2. The second kappa shape index (κ2) is 9.91. The van der Waals surface area contributed by atoms with Gasteiger partial charge in [0, 0.05) is 6.07 Å². The zero-order valence-electron chi connectivity index (χ0n) is 20.4. The zero-order chi connectivity index (χ0) is 24.2. The molecule has 0 aliphatic rings. The molecule has 6 nitrogen and oxygen atoms in total. The minimum absolute atomic E-state index is 0.531. The molecule has 1 heterocycles. The van der Waals surface area contributed by atoms with E-state index in [-0.39, 0.29) is 0 Å². The molecule has 0 atom stereocenters. The van der Waals surface area contributed by atoms with Gasteiger partial charge in [0.15, 0.2) is 0 Å². The van der Waals surface area contributed by atoms with E-state index < -0.39 is 0 Å². The van der Waals surface area contributed by atoms with Crippen LogP contribution in [-0.4, -0.2) is 27.9 Å². The van der Waals surface area contributed by atoms with Gasteiger partial charge < -0.3 is 23.4 Å². The smallest absolute Gasteiger partial charge is 0.148 e. The van der Waals surface area contributed by atoms with Crippen molar-refractivity contribution in [3.05, 3.63) is 71.5 Å². The summed E-state index contributed by atoms with van der Waals surface area (Å²) >= 11 is 0. The molecule has 0 N–H and O–H groups in total. The monoisotopic (exact) mass is 459 g/mol. The van der Waals surface area contributed by atoms with E-state index in [1.807, 2.05) is 69.3 Å². The first-order valence-electron chi connectivity index (χ1n) is 11.1. The van der Waals surface area contributed by atoms with Crippen LogP contribution in [0.25, 0.3) is 21.9 Å². The Morgan fingerprint density at radius 1 is 0.706 bits per heavy atom. The number of hydrogen-bond acceptors (Lipinski definition) is 6. The number of methoxy groups -OCH3 is 3. The summed E-state index contributed by atoms with van der Waals surface area (Å²) in [5, 5.41) is 2.56. The predicted molar refractivity (Wildman–Crippen MR) is 134 cm³/mol. The van der Waals surface area contributed by atoms with E-state index in [0.29, 0.717) is 23.8 Å². The van der Waals surface area contributed by atoms with Crippen LogP contribution >= 0.6 is 0 Å². The Bertz CT molecular complexity index is 1390. The van der Waals surface area contributed by atoms with Crippen molar-refractivity contribution in [2.75, 3.05) is 27.9 Å². The molecule has 1 aromatic heterocycles. The fraction of sp³-hybridized carbons (Fsp3) is 0.250. The summed E-state index contributed by atoms with van der Waals surface area (Å²) < 4.78 is 28.4. The SMILES string of the molecule is CCOc1cc(-c2ccc(OC)cc2)cc(=Nc2ccc(OC)cc2OC)c2c(C)oc(C)c12. The molecule has 0 unspecified atom stereocenters. The Hall–Kier alpha value is -3.93. The number of fused-ring (bicyclic) bond motifs is 1. The number of furan rings is 1. The molecule has 0 spiro atoms. The van der Waals surface area contributed by atoms with Crippen LogP contribution in [0.5, 0.6) is 23.0 Å². The van der Waals surface area contributed by atoms with Gasteiger partial charge in [-0.3, -0.25) is 0 Å². The van der Waals surface area contributed by atoms with Gasteiger partial charge in [0.25, 0.3) is 0 Å². The topological polar surface area (TPSA) is 62.4 Å². The number of benzene rings is 2. The molecule has 4 aromatic rings. The Balaban J connectivity index is 2.09. The van der Waals surface area contributed by atoms with E-state index in [1.165, 1.54) is 0 Å². The number of nitrogens with zero attached hydrogens (tertiary/aromatic N) is 1. The summed E-state index contributed by atoms with van der Waals surface area (Å²) in [7, 11) is 4.91. The lowest BCUT2D eigenvalue weighted by molar-refractivity contribution is 0.344. The lowest BCUT2D eigenvalue weighted by Gasteiger charge is -2.07. The molecule has 0 bridgehead atoms. The molecule has 4 rings (SSSR count). The first-order valence-corrected chi connectivity index (χ1v) is 11.1. The minimum atomic E-state index is 0.531. The molecule has 0 aliphatic heterocycles. The van der Waals surface area contributed by atoms with Gasteiger partial charge in [0.2, 0.25) is 0 Å². The molecule has 3 aromatic carbocycles. The quantitative estimate of drug-likeness (QED) is 0.321. The molecule has 0 saturated heterocycles. The number of ether oxygens (including phenoxy) is 4. The lowest BCUT2D eigenvalue weighted by Crippen LogP contribution is -2.01. The van der Waals surface area contributed by atoms with Gasteiger partial charge in [0.1, 0.15) is 40.2 Å². The van der Waals surface area contributed by atoms with Crippen molar-refractivity contribution in [1.29, 1.82) is 0 Å². The van der Waals surface area contributed by atoms with Crippen molar-refractivity contribution in [2.24, 2.45) is 4.99 Å². The Morgan fingerprint density at radius 3 is 2.03 bits per heavy atom. The lowest BCUT2D eigenvalue weighted by atomic mass is 10.1. The summed E-state index contributed by atoms with van der Waals surface area (Å²) in [5.74, 6) is 4.43. The minimum Gasteiger partial charge on any atom is -0.497 e. The molecule has 0 amide bonds. The van der Waals surface area contributed by atoms with Crippen LogP contribution in [0.3, 0.4) is 0 Å². The van der Waals surface area contributed by atoms with Gasteiger partial charge in [0.05, 0.1) is 44.1 Å². The van der Waals surface area contributed by atoms with E-state index in [0.717, 1.165) is 50.3 Å². The maximum absolute atomic E-state index is 6.09. The summed E-state index contributed by atoms with van der Waals surface area (Å²) in [5.41, 5.74) is 2.67. The van der Waals surface area contributed by atoms with Crippen molar-refractivity contribution in [3.63, 3.8) is 0 Å². The van der Waals surface area contributed by atoms with Gasteiger partial charge >= 0.3 is 0 Å². The second-order valence-electron chi connectivity index (χ2n) is 7.77. The molecule has 0 radical (unpaired) electrons. The van der Waals surface area contributed by atoms with Crippen LogP contribution in [0.2, 0.25) is 0 Å². The van der Waals surface area contributed by atoms with Gasteiger partial charge in [-0.2, -0.15) is 0 Å². The summed E-state index contributed by atoms with van der Waals surface area (Å²) in [6.07, 6.45) is 0. The highest BCUT2D eigenvalue weighted by molar-refractivity contribution is 5.93. The van der Waals surface area contributed by atoms with Gasteiger partial charge in [-0.15, -0.1) is 0 Å². The van der Waals surface area contributed by atoms with Gasteiger partial charge in [-0.1, -0.05) is 12.1 Å². The van der Waals surface area contributed by atoms with E-state index in [4.69, 9.17) is 28.4 Å². The second-order valence-corrected chi connectivity index (χ2v) is 7.77. The molecule has 0 aliphatic carbocycles. The van der Waals surface area contributed by atoms with Crippen molar-refractivity contribution < 1.29 is 23.4 Å². The zero-order valence-corrected chi connectivity index (χ0v) is 20.4. The molecule has 34 heavy (non-hydrogen) atoms. The van der Waals surface area contributed by atoms with E-state index in [2.05, 4.69) is 6.07 Å². The third-order valence-corrected chi connectivity index (χ3v) is 5.69. The summed E-state index contributed by atoms with van der Waals surface area (Å²) in [4.78, 5) is 5.03. The van der Waals surface area contributed by atoms with Crippen molar-refractivity contribution in [2.45, 2.75) is 20.8 Å². The molecule has 0 fully saturated rings. The van der Waals surface area contributed by atoms with Crippen LogP contribution in [0.1, 0.15) is 18.4 Å². The number of hydrogen-bond donors (Lipinski definition) is 0. The largest absolute Gasteiger partial charge is 0.497 e. The normalized spacial score (nSPS) is 11.5. The molecular formula is C28H29NO5. The highest BCUT2D eigenvalue weighted by atomic mass is 16.5. The van der Waals surface area contributed by atoms with E-state index in [9.17, 15) is 0 Å². The average Bonchev–Trinajstić information content (AvgIpc) is 3.05. The summed E-state index contributed by atoms with van der Waals surface area (Å²) in [6.45, 7) is 6.40. The average molecular weight is 460 g/mol. The first kappa shape index (κ1) is 23.2. The fourth-order valence-corrected chi connectivity index (χ4v) is 4.08. The van der Waals surface area contributed by atoms with Crippen LogP contribution in [0.15, 0.2) is 64.0 Å². The molecule has 6 heteroatoms. The Kier molecular flexibility index (Phi) is 6.77. The maximum atomic E-state index is 6.09. The molecule has 0 saturated carbocycles. The van der Waals surface area contributed by atoms with Crippen LogP contribution in [0.4, 0.5) is 5.69 Å². The molecular weight excluding hydrogens is 430 g/mol. The van der Waals surface area contributed by atoms with Crippen molar-refractivity contribution in [3.8, 4) is 34.1 Å². The number of rotatable bonds is 7. The van der Waals surface area contributed by atoms with Crippen LogP contribution in [0, 0.1) is 13.8 Å². The third kappa shape index (κ3) is 4.44. The Morgan fingerprint density at radius 2 is 1.38 bits per heavy atom.